The Hall–Kier alpha value is -2.79. The number of amides is 1. The molecule has 0 saturated carbocycles. The Balaban J connectivity index is 1.57. The van der Waals surface area contributed by atoms with E-state index < -0.39 is 0 Å². The number of methoxy groups -OCH3 is 1. The molecular weight excluding hydrogens is 364 g/mol. The van der Waals surface area contributed by atoms with Gasteiger partial charge in [0.15, 0.2) is 0 Å². The average molecular weight is 383 g/mol. The summed E-state index contributed by atoms with van der Waals surface area (Å²) in [6.07, 6.45) is 1.88. The molecule has 1 saturated heterocycles. The third-order valence-corrected chi connectivity index (χ3v) is 5.11. The number of aromatic nitrogens is 1. The van der Waals surface area contributed by atoms with Crippen molar-refractivity contribution in [2.24, 2.45) is 0 Å². The van der Waals surface area contributed by atoms with Crippen molar-refractivity contribution in [1.82, 2.24) is 10.1 Å². The van der Waals surface area contributed by atoms with Crippen molar-refractivity contribution >= 4 is 17.5 Å². The number of nitrogens with zero attached hydrogens (tertiary/aromatic N) is 2. The summed E-state index contributed by atoms with van der Waals surface area (Å²) >= 11 is 5.98. The second-order valence-electron chi connectivity index (χ2n) is 6.52. The molecular formula is C21H19ClN2O3. The molecule has 1 aliphatic rings. The van der Waals surface area contributed by atoms with Gasteiger partial charge in [0, 0.05) is 23.2 Å². The van der Waals surface area contributed by atoms with E-state index in [0.717, 1.165) is 29.7 Å². The molecule has 1 unspecified atom stereocenters. The van der Waals surface area contributed by atoms with Crippen molar-refractivity contribution in [2.45, 2.75) is 18.9 Å². The minimum Gasteiger partial charge on any atom is -0.497 e. The predicted molar refractivity (Wildman–Crippen MR) is 103 cm³/mol. The van der Waals surface area contributed by atoms with Gasteiger partial charge in [-0.15, -0.1) is 0 Å². The Morgan fingerprint density at radius 1 is 1.22 bits per heavy atom. The zero-order chi connectivity index (χ0) is 18.8. The van der Waals surface area contributed by atoms with Gasteiger partial charge in [-0.2, -0.15) is 0 Å². The molecule has 6 heteroatoms. The first-order chi connectivity index (χ1) is 13.2. The minimum atomic E-state index is -0.144. The molecule has 138 valence electrons. The van der Waals surface area contributed by atoms with Crippen molar-refractivity contribution < 1.29 is 14.1 Å². The molecule has 3 aromatic rings. The van der Waals surface area contributed by atoms with Crippen molar-refractivity contribution in [3.8, 4) is 17.0 Å². The summed E-state index contributed by atoms with van der Waals surface area (Å²) in [5.41, 5.74) is 2.53. The molecule has 0 radical (unpaired) electrons. The van der Waals surface area contributed by atoms with Gasteiger partial charge in [-0.05, 0) is 42.7 Å². The van der Waals surface area contributed by atoms with Crippen molar-refractivity contribution in [2.75, 3.05) is 13.7 Å². The first-order valence-corrected chi connectivity index (χ1v) is 9.21. The van der Waals surface area contributed by atoms with E-state index >= 15 is 0 Å². The Morgan fingerprint density at radius 2 is 2.04 bits per heavy atom. The van der Waals surface area contributed by atoms with Crippen LogP contribution in [0.2, 0.25) is 5.02 Å². The first kappa shape index (κ1) is 17.6. The number of carbonyl (C=O) groups is 1. The molecule has 1 aliphatic heterocycles. The number of hydrogen-bond donors (Lipinski definition) is 0. The molecule has 0 spiro atoms. The fourth-order valence-electron chi connectivity index (χ4n) is 3.48. The summed E-state index contributed by atoms with van der Waals surface area (Å²) in [5.74, 6) is 0.827. The molecule has 1 aromatic heterocycles. The van der Waals surface area contributed by atoms with E-state index in [1.54, 1.807) is 13.2 Å². The molecule has 2 aromatic carbocycles. The summed E-state index contributed by atoms with van der Waals surface area (Å²) in [7, 11) is 1.61. The van der Waals surface area contributed by atoms with Gasteiger partial charge in [0.1, 0.15) is 11.4 Å². The topological polar surface area (TPSA) is 55.6 Å². The van der Waals surface area contributed by atoms with E-state index in [0.29, 0.717) is 17.3 Å². The monoisotopic (exact) mass is 382 g/mol. The highest BCUT2D eigenvalue weighted by molar-refractivity contribution is 6.30. The number of hydrogen-bond acceptors (Lipinski definition) is 4. The van der Waals surface area contributed by atoms with Crippen LogP contribution in [0, 0.1) is 0 Å². The molecule has 0 bridgehead atoms. The van der Waals surface area contributed by atoms with Gasteiger partial charge in [0.2, 0.25) is 5.76 Å². The van der Waals surface area contributed by atoms with Gasteiger partial charge in [-0.1, -0.05) is 41.0 Å². The van der Waals surface area contributed by atoms with Crippen LogP contribution in [0.1, 0.15) is 35.0 Å². The first-order valence-electron chi connectivity index (χ1n) is 8.83. The summed E-state index contributed by atoms with van der Waals surface area (Å²) in [6.45, 7) is 0.696. The van der Waals surface area contributed by atoms with Gasteiger partial charge >= 0.3 is 0 Å². The second-order valence-corrected chi connectivity index (χ2v) is 6.95. The lowest BCUT2D eigenvalue weighted by Gasteiger charge is -2.24. The van der Waals surface area contributed by atoms with Crippen LogP contribution in [0.4, 0.5) is 0 Å². The molecule has 27 heavy (non-hydrogen) atoms. The Kier molecular flexibility index (Phi) is 4.86. The van der Waals surface area contributed by atoms with Crippen molar-refractivity contribution in [3.05, 3.63) is 70.9 Å². The van der Waals surface area contributed by atoms with Gasteiger partial charge in [-0.3, -0.25) is 4.79 Å². The molecule has 2 heterocycles. The van der Waals surface area contributed by atoms with Crippen molar-refractivity contribution in [3.63, 3.8) is 0 Å². The van der Waals surface area contributed by atoms with Crippen LogP contribution in [0.3, 0.4) is 0 Å². The van der Waals surface area contributed by atoms with Gasteiger partial charge < -0.3 is 14.2 Å². The summed E-state index contributed by atoms with van der Waals surface area (Å²) in [5, 5.41) is 4.76. The Bertz CT molecular complexity index is 952. The predicted octanol–water partition coefficient (Wildman–Crippen LogP) is 4.98. The van der Waals surface area contributed by atoms with Crippen LogP contribution in [-0.2, 0) is 0 Å². The fraction of sp³-hybridized carbons (Fsp3) is 0.238. The highest BCUT2D eigenvalue weighted by Gasteiger charge is 2.32. The van der Waals surface area contributed by atoms with Crippen LogP contribution >= 0.6 is 11.6 Å². The van der Waals surface area contributed by atoms with Crippen LogP contribution < -0.4 is 4.74 Å². The summed E-state index contributed by atoms with van der Waals surface area (Å²) in [4.78, 5) is 14.9. The maximum Gasteiger partial charge on any atom is 0.292 e. The number of benzene rings is 2. The van der Waals surface area contributed by atoms with E-state index in [2.05, 4.69) is 5.16 Å². The molecule has 0 N–H and O–H groups in total. The number of halogens is 1. The quantitative estimate of drug-likeness (QED) is 0.638. The molecule has 1 amide bonds. The normalized spacial score (nSPS) is 16.5. The third-order valence-electron chi connectivity index (χ3n) is 4.85. The zero-order valence-electron chi connectivity index (χ0n) is 14.9. The van der Waals surface area contributed by atoms with Crippen molar-refractivity contribution in [1.29, 1.82) is 0 Å². The molecule has 1 fully saturated rings. The lowest BCUT2D eigenvalue weighted by atomic mass is 10.0. The SMILES string of the molecule is COc1cccc(-c2cc(C(=O)N3CCCC3c3ccc(Cl)cc3)on2)c1. The maximum atomic E-state index is 13.0. The Labute approximate surface area is 162 Å². The molecule has 1 atom stereocenters. The van der Waals surface area contributed by atoms with E-state index in [1.165, 1.54) is 0 Å². The Morgan fingerprint density at radius 3 is 2.81 bits per heavy atom. The maximum absolute atomic E-state index is 13.0. The highest BCUT2D eigenvalue weighted by Crippen LogP contribution is 2.34. The van der Waals surface area contributed by atoms with Gasteiger partial charge in [0.05, 0.1) is 13.2 Å². The van der Waals surface area contributed by atoms with E-state index in [-0.39, 0.29) is 17.7 Å². The van der Waals surface area contributed by atoms with E-state index in [9.17, 15) is 4.79 Å². The lowest BCUT2D eigenvalue weighted by molar-refractivity contribution is 0.0693. The minimum absolute atomic E-state index is 0.0279. The van der Waals surface area contributed by atoms with E-state index in [4.69, 9.17) is 20.9 Å². The fourth-order valence-corrected chi connectivity index (χ4v) is 3.60. The largest absolute Gasteiger partial charge is 0.497 e. The highest BCUT2D eigenvalue weighted by atomic mass is 35.5. The van der Waals surface area contributed by atoms with Crippen LogP contribution in [-0.4, -0.2) is 29.6 Å². The van der Waals surface area contributed by atoms with Crippen LogP contribution in [0.15, 0.2) is 59.1 Å². The number of likely N-dealkylation sites (tertiary alicyclic amines) is 1. The summed E-state index contributed by atoms with van der Waals surface area (Å²) < 4.78 is 10.6. The number of ether oxygens (including phenoxy) is 1. The van der Waals surface area contributed by atoms with E-state index in [1.807, 2.05) is 53.4 Å². The smallest absolute Gasteiger partial charge is 0.292 e. The van der Waals surface area contributed by atoms with Gasteiger partial charge in [0.25, 0.3) is 5.91 Å². The number of carbonyl (C=O) groups excluding carboxylic acids is 1. The second kappa shape index (κ2) is 7.45. The molecule has 0 aliphatic carbocycles. The third kappa shape index (κ3) is 3.55. The standard InChI is InChI=1S/C21H19ClN2O3/c1-26-17-5-2-4-15(12-17)18-13-20(27-23-18)21(25)24-11-3-6-19(24)14-7-9-16(22)10-8-14/h2,4-5,7-10,12-13,19H,3,6,11H2,1H3. The van der Waals surface area contributed by atoms with Gasteiger partial charge in [-0.25, -0.2) is 0 Å². The average Bonchev–Trinajstić information content (AvgIpc) is 3.38. The van der Waals surface area contributed by atoms with Crippen LogP contribution in [0.5, 0.6) is 5.75 Å². The molecule has 4 rings (SSSR count). The molecule has 5 nitrogen and oxygen atoms in total. The lowest BCUT2D eigenvalue weighted by Crippen LogP contribution is -2.30. The number of rotatable bonds is 4. The van der Waals surface area contributed by atoms with Crippen LogP contribution in [0.25, 0.3) is 11.3 Å². The summed E-state index contributed by atoms with van der Waals surface area (Å²) in [6, 6.07) is 16.9. The zero-order valence-corrected chi connectivity index (χ0v) is 15.6.